The first-order chi connectivity index (χ1) is 9.46. The van der Waals surface area contributed by atoms with Gasteiger partial charge in [-0.3, -0.25) is 4.79 Å². The van der Waals surface area contributed by atoms with Crippen LogP contribution >= 0.6 is 0 Å². The smallest absolute Gasteiger partial charge is 0.317 e. The molecular formula is C14H24N2O4. The third-order valence-electron chi connectivity index (χ3n) is 4.74. The predicted octanol–water partition coefficient (Wildman–Crippen LogP) is 1.04. The standard InChI is InChI=1S/C14H24N2O4/c1-14(12(18)19)6-7-16(9-14)13(20)15-11-4-2-3-10(11)5-8-17/h10-11,17H,2-9H2,1H3,(H,15,20)(H,18,19). The molecule has 2 fully saturated rings. The molecule has 6 nitrogen and oxygen atoms in total. The number of nitrogens with one attached hydrogen (secondary N) is 1. The number of aliphatic hydroxyl groups is 1. The van der Waals surface area contributed by atoms with Crippen LogP contribution in [0.1, 0.15) is 39.0 Å². The first kappa shape index (κ1) is 15.1. The van der Waals surface area contributed by atoms with E-state index in [1.165, 1.54) is 0 Å². The van der Waals surface area contributed by atoms with Crippen LogP contribution < -0.4 is 5.32 Å². The van der Waals surface area contributed by atoms with E-state index in [1.54, 1.807) is 11.8 Å². The average molecular weight is 284 g/mol. The van der Waals surface area contributed by atoms with Gasteiger partial charge in [0.2, 0.25) is 0 Å². The van der Waals surface area contributed by atoms with Gasteiger partial charge in [-0.25, -0.2) is 4.79 Å². The van der Waals surface area contributed by atoms with E-state index in [0.717, 1.165) is 25.7 Å². The monoisotopic (exact) mass is 284 g/mol. The average Bonchev–Trinajstić information content (AvgIpc) is 2.98. The molecule has 3 N–H and O–H groups in total. The van der Waals surface area contributed by atoms with E-state index in [-0.39, 0.29) is 25.2 Å². The van der Waals surface area contributed by atoms with Gasteiger partial charge in [-0.1, -0.05) is 6.42 Å². The van der Waals surface area contributed by atoms with Gasteiger partial charge >= 0.3 is 12.0 Å². The summed E-state index contributed by atoms with van der Waals surface area (Å²) in [6.45, 7) is 2.60. The Hall–Kier alpha value is -1.30. The number of nitrogens with zero attached hydrogens (tertiary/aromatic N) is 1. The van der Waals surface area contributed by atoms with Gasteiger partial charge in [-0.15, -0.1) is 0 Å². The summed E-state index contributed by atoms with van der Waals surface area (Å²) in [6.07, 6.45) is 4.28. The van der Waals surface area contributed by atoms with Gasteiger partial charge < -0.3 is 20.4 Å². The number of carboxylic acids is 1. The summed E-state index contributed by atoms with van der Waals surface area (Å²) >= 11 is 0. The molecule has 1 heterocycles. The van der Waals surface area contributed by atoms with Crippen molar-refractivity contribution in [2.24, 2.45) is 11.3 Å². The van der Waals surface area contributed by atoms with Gasteiger partial charge in [0.25, 0.3) is 0 Å². The first-order valence-electron chi connectivity index (χ1n) is 7.36. The molecule has 0 aromatic rings. The summed E-state index contributed by atoms with van der Waals surface area (Å²) in [5.41, 5.74) is -0.822. The van der Waals surface area contributed by atoms with E-state index < -0.39 is 11.4 Å². The van der Waals surface area contributed by atoms with E-state index in [1.807, 2.05) is 0 Å². The number of hydrogen-bond donors (Lipinski definition) is 3. The molecule has 2 amide bonds. The van der Waals surface area contributed by atoms with Crippen LogP contribution in [0.4, 0.5) is 4.79 Å². The molecule has 0 aromatic carbocycles. The number of carboxylic acid groups (broad SMARTS) is 1. The molecule has 1 aliphatic carbocycles. The molecule has 0 bridgehead atoms. The molecule has 2 rings (SSSR count). The highest BCUT2D eigenvalue weighted by molar-refractivity contribution is 5.79. The molecule has 0 radical (unpaired) electrons. The van der Waals surface area contributed by atoms with E-state index in [2.05, 4.69) is 5.32 Å². The van der Waals surface area contributed by atoms with Crippen molar-refractivity contribution in [1.29, 1.82) is 0 Å². The number of aliphatic carboxylic acids is 1. The lowest BCUT2D eigenvalue weighted by Gasteiger charge is -2.25. The fourth-order valence-electron chi connectivity index (χ4n) is 3.30. The topological polar surface area (TPSA) is 89.9 Å². The van der Waals surface area contributed by atoms with Crippen LogP contribution in [0.15, 0.2) is 0 Å². The zero-order valence-electron chi connectivity index (χ0n) is 12.0. The molecular weight excluding hydrogens is 260 g/mol. The van der Waals surface area contributed by atoms with Crippen molar-refractivity contribution in [3.8, 4) is 0 Å². The van der Waals surface area contributed by atoms with Gasteiger partial charge in [0.1, 0.15) is 0 Å². The molecule has 3 unspecified atom stereocenters. The lowest BCUT2D eigenvalue weighted by Crippen LogP contribution is -2.46. The lowest BCUT2D eigenvalue weighted by molar-refractivity contribution is -0.147. The Balaban J connectivity index is 1.88. The highest BCUT2D eigenvalue weighted by atomic mass is 16.4. The number of carbonyl (C=O) groups is 2. The Bertz CT molecular complexity index is 387. The van der Waals surface area contributed by atoms with Crippen molar-refractivity contribution in [2.75, 3.05) is 19.7 Å². The van der Waals surface area contributed by atoms with E-state index >= 15 is 0 Å². The molecule has 20 heavy (non-hydrogen) atoms. The maximum absolute atomic E-state index is 12.2. The van der Waals surface area contributed by atoms with Crippen molar-refractivity contribution in [3.05, 3.63) is 0 Å². The van der Waals surface area contributed by atoms with Crippen LogP contribution in [0.3, 0.4) is 0 Å². The van der Waals surface area contributed by atoms with Gasteiger partial charge in [-0.2, -0.15) is 0 Å². The van der Waals surface area contributed by atoms with E-state index in [9.17, 15) is 14.7 Å². The minimum absolute atomic E-state index is 0.117. The van der Waals surface area contributed by atoms with Crippen molar-refractivity contribution in [1.82, 2.24) is 10.2 Å². The minimum atomic E-state index is -0.841. The number of carbonyl (C=O) groups excluding carboxylic acids is 1. The predicted molar refractivity (Wildman–Crippen MR) is 73.3 cm³/mol. The number of hydrogen-bond acceptors (Lipinski definition) is 3. The van der Waals surface area contributed by atoms with E-state index in [0.29, 0.717) is 18.9 Å². The molecule has 3 atom stereocenters. The van der Waals surface area contributed by atoms with Gasteiger partial charge in [0.05, 0.1) is 5.41 Å². The quantitative estimate of drug-likeness (QED) is 0.719. The number of likely N-dealkylation sites (tertiary alicyclic amines) is 1. The summed E-state index contributed by atoms with van der Waals surface area (Å²) in [5.74, 6) is -0.496. The van der Waals surface area contributed by atoms with Crippen molar-refractivity contribution in [2.45, 2.75) is 45.1 Å². The fraction of sp³-hybridized carbons (Fsp3) is 0.857. The zero-order valence-corrected chi connectivity index (χ0v) is 12.0. The molecule has 2 aliphatic rings. The highest BCUT2D eigenvalue weighted by Crippen LogP contribution is 2.31. The van der Waals surface area contributed by atoms with Crippen LogP contribution in [0.2, 0.25) is 0 Å². The summed E-state index contributed by atoms with van der Waals surface area (Å²) in [4.78, 5) is 25.0. The van der Waals surface area contributed by atoms with Gasteiger partial charge in [-0.05, 0) is 38.5 Å². The second-order valence-electron chi connectivity index (χ2n) is 6.30. The molecule has 114 valence electrons. The Morgan fingerprint density at radius 2 is 2.15 bits per heavy atom. The Labute approximate surface area is 119 Å². The molecule has 1 saturated carbocycles. The number of urea groups is 1. The van der Waals surface area contributed by atoms with Crippen molar-refractivity contribution < 1.29 is 19.8 Å². The molecule has 0 spiro atoms. The lowest BCUT2D eigenvalue weighted by atomic mass is 9.90. The number of amides is 2. The van der Waals surface area contributed by atoms with Crippen molar-refractivity contribution in [3.63, 3.8) is 0 Å². The maximum Gasteiger partial charge on any atom is 0.317 e. The summed E-state index contributed by atoms with van der Waals surface area (Å²) < 4.78 is 0. The zero-order chi connectivity index (χ0) is 14.8. The summed E-state index contributed by atoms with van der Waals surface area (Å²) in [5, 5.41) is 21.2. The Morgan fingerprint density at radius 1 is 1.40 bits per heavy atom. The SMILES string of the molecule is CC1(C(=O)O)CCN(C(=O)NC2CCCC2CCO)C1. The second kappa shape index (κ2) is 5.99. The molecule has 0 aromatic heterocycles. The van der Waals surface area contributed by atoms with Gasteiger partial charge in [0, 0.05) is 25.7 Å². The van der Waals surface area contributed by atoms with Crippen LogP contribution in [-0.4, -0.2) is 52.9 Å². The summed E-state index contributed by atoms with van der Waals surface area (Å²) in [6, 6.07) is -0.0452. The maximum atomic E-state index is 12.2. The van der Waals surface area contributed by atoms with E-state index in [4.69, 9.17) is 5.11 Å². The van der Waals surface area contributed by atoms with Gasteiger partial charge in [0.15, 0.2) is 0 Å². The first-order valence-corrected chi connectivity index (χ1v) is 7.36. The third kappa shape index (κ3) is 3.06. The van der Waals surface area contributed by atoms with Crippen LogP contribution in [0, 0.1) is 11.3 Å². The molecule has 1 saturated heterocycles. The molecule has 1 aliphatic heterocycles. The van der Waals surface area contributed by atoms with Crippen molar-refractivity contribution >= 4 is 12.0 Å². The minimum Gasteiger partial charge on any atom is -0.481 e. The second-order valence-corrected chi connectivity index (χ2v) is 6.30. The number of aliphatic hydroxyl groups excluding tert-OH is 1. The number of rotatable bonds is 4. The largest absolute Gasteiger partial charge is 0.481 e. The Kier molecular flexibility index (Phi) is 4.52. The van der Waals surface area contributed by atoms with Crippen LogP contribution in [0.25, 0.3) is 0 Å². The normalized spacial score (nSPS) is 33.4. The third-order valence-corrected chi connectivity index (χ3v) is 4.74. The van der Waals surface area contributed by atoms with Crippen LogP contribution in [-0.2, 0) is 4.79 Å². The van der Waals surface area contributed by atoms with Crippen LogP contribution in [0.5, 0.6) is 0 Å². The highest BCUT2D eigenvalue weighted by Gasteiger charge is 2.42. The Morgan fingerprint density at radius 3 is 2.75 bits per heavy atom. The summed E-state index contributed by atoms with van der Waals surface area (Å²) in [7, 11) is 0. The fourth-order valence-corrected chi connectivity index (χ4v) is 3.30. The molecule has 6 heteroatoms.